The Morgan fingerprint density at radius 3 is 2.47 bits per heavy atom. The maximum absolute atomic E-state index is 13.3. The first kappa shape index (κ1) is 25.2. The van der Waals surface area contributed by atoms with Crippen LogP contribution in [0, 0.1) is 0 Å². The van der Waals surface area contributed by atoms with Gasteiger partial charge in [0.05, 0.1) is 18.2 Å². The number of rotatable bonds is 9. The van der Waals surface area contributed by atoms with Gasteiger partial charge in [-0.05, 0) is 53.9 Å². The largest absolute Gasteiger partial charge is 0.507 e. The third kappa shape index (κ3) is 5.17. The predicted molar refractivity (Wildman–Crippen MR) is 146 cm³/mol. The number of nitrogens with zero attached hydrogens (tertiary/aromatic N) is 2. The Labute approximate surface area is 224 Å². The standard InChI is InChI=1S/C30H26N2O5S/c1-2-16-36-23-13-11-21(12-14-23)27(33)25-26(32(29(35)28(25)34)30-31-15-17-38-30)22-9-6-10-24(18-22)37-19-20-7-4-3-5-8-20/h3-15,17-18,26,33H,2,16,19H2,1H3/b27-25+. The Kier molecular flexibility index (Phi) is 7.51. The van der Waals surface area contributed by atoms with Gasteiger partial charge < -0.3 is 14.6 Å². The molecule has 1 amide bonds. The lowest BCUT2D eigenvalue weighted by Crippen LogP contribution is -2.29. The first-order valence-corrected chi connectivity index (χ1v) is 13.1. The highest BCUT2D eigenvalue weighted by molar-refractivity contribution is 7.14. The summed E-state index contributed by atoms with van der Waals surface area (Å²) in [5.41, 5.74) is 2.03. The number of aromatic nitrogens is 1. The van der Waals surface area contributed by atoms with E-state index in [-0.39, 0.29) is 11.3 Å². The van der Waals surface area contributed by atoms with E-state index in [0.29, 0.717) is 41.0 Å². The summed E-state index contributed by atoms with van der Waals surface area (Å²) in [7, 11) is 0. The number of carbonyl (C=O) groups excluding carboxylic acids is 2. The lowest BCUT2D eigenvalue weighted by molar-refractivity contribution is -0.132. The van der Waals surface area contributed by atoms with Crippen LogP contribution < -0.4 is 14.4 Å². The SMILES string of the molecule is CCCOc1ccc(/C(O)=C2\C(=O)C(=O)N(c3nccs3)C2c2cccc(OCc3ccccc3)c2)cc1. The van der Waals surface area contributed by atoms with Crippen LogP contribution in [0.5, 0.6) is 11.5 Å². The van der Waals surface area contributed by atoms with Gasteiger partial charge in [0.15, 0.2) is 5.13 Å². The number of hydrogen-bond donors (Lipinski definition) is 1. The number of amides is 1. The zero-order chi connectivity index (χ0) is 26.5. The van der Waals surface area contributed by atoms with Gasteiger partial charge in [-0.15, -0.1) is 11.3 Å². The third-order valence-electron chi connectivity index (χ3n) is 6.09. The minimum Gasteiger partial charge on any atom is -0.507 e. The summed E-state index contributed by atoms with van der Waals surface area (Å²) in [6.07, 6.45) is 2.45. The molecule has 38 heavy (non-hydrogen) atoms. The maximum atomic E-state index is 13.3. The Morgan fingerprint density at radius 2 is 1.76 bits per heavy atom. The molecule has 0 saturated carbocycles. The quantitative estimate of drug-likeness (QED) is 0.160. The van der Waals surface area contributed by atoms with E-state index in [4.69, 9.17) is 9.47 Å². The topological polar surface area (TPSA) is 89.0 Å². The van der Waals surface area contributed by atoms with Gasteiger partial charge in [-0.2, -0.15) is 0 Å². The normalized spacial score (nSPS) is 16.6. The number of aliphatic hydroxyl groups excluding tert-OH is 1. The molecule has 0 aliphatic carbocycles. The monoisotopic (exact) mass is 526 g/mol. The lowest BCUT2D eigenvalue weighted by Gasteiger charge is -2.23. The molecule has 0 bridgehead atoms. The van der Waals surface area contributed by atoms with E-state index in [1.807, 2.05) is 49.4 Å². The molecule has 5 rings (SSSR count). The first-order chi connectivity index (χ1) is 18.6. The molecular weight excluding hydrogens is 500 g/mol. The van der Waals surface area contributed by atoms with E-state index >= 15 is 0 Å². The second kappa shape index (κ2) is 11.3. The van der Waals surface area contributed by atoms with Gasteiger partial charge in [-0.25, -0.2) is 4.98 Å². The van der Waals surface area contributed by atoms with Crippen molar-refractivity contribution in [3.8, 4) is 11.5 Å². The van der Waals surface area contributed by atoms with Crippen molar-refractivity contribution >= 4 is 33.9 Å². The van der Waals surface area contributed by atoms with Crippen LogP contribution in [0.1, 0.15) is 36.1 Å². The van der Waals surface area contributed by atoms with E-state index in [1.54, 1.807) is 48.0 Å². The molecule has 1 N–H and O–H groups in total. The highest BCUT2D eigenvalue weighted by Crippen LogP contribution is 2.43. The van der Waals surface area contributed by atoms with Crippen LogP contribution in [0.25, 0.3) is 5.76 Å². The second-order valence-electron chi connectivity index (χ2n) is 8.70. The van der Waals surface area contributed by atoms with E-state index in [1.165, 1.54) is 16.2 Å². The van der Waals surface area contributed by atoms with Crippen LogP contribution in [-0.4, -0.2) is 28.4 Å². The summed E-state index contributed by atoms with van der Waals surface area (Å²) in [6.45, 7) is 2.96. The number of thiazole rings is 1. The molecule has 0 spiro atoms. The second-order valence-corrected chi connectivity index (χ2v) is 9.58. The Hall–Kier alpha value is -4.43. The Balaban J connectivity index is 1.54. The highest BCUT2D eigenvalue weighted by Gasteiger charge is 2.48. The molecule has 0 radical (unpaired) electrons. The number of Topliss-reactive ketones (excluding diaryl/α,β-unsaturated/α-hetero) is 1. The minimum atomic E-state index is -0.877. The fourth-order valence-corrected chi connectivity index (χ4v) is 4.95. The average molecular weight is 527 g/mol. The van der Waals surface area contributed by atoms with Crippen molar-refractivity contribution in [3.05, 3.63) is 113 Å². The fraction of sp³-hybridized carbons (Fsp3) is 0.167. The smallest absolute Gasteiger partial charge is 0.301 e. The van der Waals surface area contributed by atoms with Gasteiger partial charge in [0.25, 0.3) is 5.78 Å². The van der Waals surface area contributed by atoms with E-state index < -0.39 is 17.7 Å². The number of hydrogen-bond acceptors (Lipinski definition) is 7. The van der Waals surface area contributed by atoms with Crippen LogP contribution in [-0.2, 0) is 16.2 Å². The summed E-state index contributed by atoms with van der Waals surface area (Å²) in [6, 6.07) is 22.9. The van der Waals surface area contributed by atoms with Gasteiger partial charge in [0, 0.05) is 17.1 Å². The van der Waals surface area contributed by atoms with Crippen molar-refractivity contribution in [3.63, 3.8) is 0 Å². The number of benzene rings is 3. The Morgan fingerprint density at radius 1 is 0.974 bits per heavy atom. The zero-order valence-corrected chi connectivity index (χ0v) is 21.6. The van der Waals surface area contributed by atoms with Gasteiger partial charge in [0.1, 0.15) is 23.9 Å². The van der Waals surface area contributed by atoms with E-state index in [2.05, 4.69) is 4.98 Å². The molecule has 1 aliphatic rings. The van der Waals surface area contributed by atoms with Gasteiger partial charge in [0.2, 0.25) is 0 Å². The van der Waals surface area contributed by atoms with Crippen LogP contribution in [0.3, 0.4) is 0 Å². The van der Waals surface area contributed by atoms with Crippen molar-refractivity contribution in [1.82, 2.24) is 4.98 Å². The molecule has 1 unspecified atom stereocenters. The number of carbonyl (C=O) groups is 2. The molecule has 1 fully saturated rings. The van der Waals surface area contributed by atoms with Crippen LogP contribution in [0.4, 0.5) is 5.13 Å². The van der Waals surface area contributed by atoms with Crippen molar-refractivity contribution in [2.24, 2.45) is 0 Å². The van der Waals surface area contributed by atoms with Gasteiger partial charge >= 0.3 is 5.91 Å². The van der Waals surface area contributed by atoms with Gasteiger partial charge in [-0.1, -0.05) is 49.4 Å². The number of aliphatic hydroxyl groups is 1. The van der Waals surface area contributed by atoms with Crippen LogP contribution in [0.2, 0.25) is 0 Å². The van der Waals surface area contributed by atoms with E-state index in [0.717, 1.165) is 12.0 Å². The summed E-state index contributed by atoms with van der Waals surface area (Å²) in [5, 5.41) is 13.4. The maximum Gasteiger partial charge on any atom is 0.301 e. The summed E-state index contributed by atoms with van der Waals surface area (Å²) >= 11 is 1.24. The number of ketones is 1. The molecule has 7 nitrogen and oxygen atoms in total. The molecule has 4 aromatic rings. The van der Waals surface area contributed by atoms with Crippen molar-refractivity contribution < 1.29 is 24.2 Å². The Bertz CT molecular complexity index is 1450. The molecule has 1 atom stereocenters. The average Bonchev–Trinajstić information content (AvgIpc) is 3.58. The molecule has 2 heterocycles. The minimum absolute atomic E-state index is 0.00682. The fourth-order valence-electron chi connectivity index (χ4n) is 4.28. The van der Waals surface area contributed by atoms with Crippen LogP contribution in [0.15, 0.2) is 96.0 Å². The lowest BCUT2D eigenvalue weighted by atomic mass is 9.95. The summed E-state index contributed by atoms with van der Waals surface area (Å²) < 4.78 is 11.6. The summed E-state index contributed by atoms with van der Waals surface area (Å²) in [4.78, 5) is 32.2. The summed E-state index contributed by atoms with van der Waals surface area (Å²) in [5.74, 6) is -0.542. The zero-order valence-electron chi connectivity index (χ0n) is 20.7. The third-order valence-corrected chi connectivity index (χ3v) is 6.86. The molecule has 1 aromatic heterocycles. The molecule has 3 aromatic carbocycles. The molecular formula is C30H26N2O5S. The van der Waals surface area contributed by atoms with Crippen molar-refractivity contribution in [1.29, 1.82) is 0 Å². The molecule has 1 aliphatic heterocycles. The number of anilines is 1. The van der Waals surface area contributed by atoms with Crippen molar-refractivity contribution in [2.75, 3.05) is 11.5 Å². The molecule has 1 saturated heterocycles. The van der Waals surface area contributed by atoms with E-state index in [9.17, 15) is 14.7 Å². The van der Waals surface area contributed by atoms with Gasteiger partial charge in [-0.3, -0.25) is 14.5 Å². The molecule has 192 valence electrons. The highest BCUT2D eigenvalue weighted by atomic mass is 32.1. The number of ether oxygens (including phenoxy) is 2. The van der Waals surface area contributed by atoms with Crippen molar-refractivity contribution in [2.45, 2.75) is 26.0 Å². The first-order valence-electron chi connectivity index (χ1n) is 12.3. The molecule has 8 heteroatoms. The predicted octanol–water partition coefficient (Wildman–Crippen LogP) is 6.14. The van der Waals surface area contributed by atoms with Crippen LogP contribution >= 0.6 is 11.3 Å².